The number of likely N-dealkylation sites (tertiary alicyclic amines) is 1. The van der Waals surface area contributed by atoms with Crippen molar-refractivity contribution in [2.24, 2.45) is 11.7 Å². The van der Waals surface area contributed by atoms with Gasteiger partial charge in [-0.2, -0.15) is 0 Å². The van der Waals surface area contributed by atoms with Gasteiger partial charge < -0.3 is 10.6 Å². The normalized spacial score (nSPS) is 21.3. The lowest BCUT2D eigenvalue weighted by Gasteiger charge is -2.20. The Morgan fingerprint density at radius 2 is 2.11 bits per heavy atom. The first-order chi connectivity index (χ1) is 8.72. The van der Waals surface area contributed by atoms with Crippen LogP contribution >= 0.6 is 0 Å². The summed E-state index contributed by atoms with van der Waals surface area (Å²) in [6.45, 7) is 3.84. The van der Waals surface area contributed by atoms with Gasteiger partial charge in [0.25, 0.3) is 0 Å². The van der Waals surface area contributed by atoms with Crippen molar-refractivity contribution in [3.63, 3.8) is 0 Å². The van der Waals surface area contributed by atoms with Crippen LogP contribution in [0.3, 0.4) is 0 Å². The Morgan fingerprint density at radius 3 is 2.78 bits per heavy atom. The van der Waals surface area contributed by atoms with E-state index in [2.05, 4.69) is 6.92 Å². The van der Waals surface area contributed by atoms with Crippen LogP contribution in [-0.4, -0.2) is 23.9 Å². The lowest BCUT2D eigenvalue weighted by Crippen LogP contribution is -2.28. The summed E-state index contributed by atoms with van der Waals surface area (Å²) in [5.41, 5.74) is 7.41. The zero-order valence-electron chi connectivity index (χ0n) is 11.0. The average molecular weight is 246 g/mol. The van der Waals surface area contributed by atoms with Gasteiger partial charge >= 0.3 is 0 Å². The van der Waals surface area contributed by atoms with E-state index in [1.165, 1.54) is 0 Å². The molecule has 0 spiro atoms. The minimum Gasteiger partial charge on any atom is -0.342 e. The van der Waals surface area contributed by atoms with E-state index in [4.69, 9.17) is 5.73 Å². The molecule has 2 atom stereocenters. The molecule has 0 bridgehead atoms. The van der Waals surface area contributed by atoms with Crippen LogP contribution in [-0.2, 0) is 4.79 Å². The zero-order valence-corrected chi connectivity index (χ0v) is 11.0. The summed E-state index contributed by atoms with van der Waals surface area (Å²) in [5, 5.41) is 0. The maximum absolute atomic E-state index is 11.9. The summed E-state index contributed by atoms with van der Waals surface area (Å²) in [6, 6.07) is 10.1. The fourth-order valence-corrected chi connectivity index (χ4v) is 2.56. The Bertz CT molecular complexity index is 391. The molecule has 3 heteroatoms. The molecular weight excluding hydrogens is 224 g/mol. The van der Waals surface area contributed by atoms with E-state index in [-0.39, 0.29) is 17.9 Å². The van der Waals surface area contributed by atoms with Crippen LogP contribution in [0.1, 0.15) is 37.8 Å². The van der Waals surface area contributed by atoms with Crippen molar-refractivity contribution in [2.75, 3.05) is 13.1 Å². The fraction of sp³-hybridized carbons (Fsp3) is 0.533. The number of rotatable bonds is 5. The number of carbonyl (C=O) groups excluding carboxylic acids is 1. The maximum atomic E-state index is 11.9. The highest BCUT2D eigenvalue weighted by Gasteiger charge is 2.33. The third-order valence-corrected chi connectivity index (χ3v) is 3.72. The van der Waals surface area contributed by atoms with Crippen molar-refractivity contribution in [1.29, 1.82) is 0 Å². The lowest BCUT2D eigenvalue weighted by molar-refractivity contribution is -0.127. The number of benzene rings is 1. The summed E-state index contributed by atoms with van der Waals surface area (Å²) in [7, 11) is 0. The van der Waals surface area contributed by atoms with E-state index < -0.39 is 0 Å². The second kappa shape index (κ2) is 6.01. The Kier molecular flexibility index (Phi) is 4.37. The first-order valence-corrected chi connectivity index (χ1v) is 6.80. The van der Waals surface area contributed by atoms with Gasteiger partial charge in [0.1, 0.15) is 0 Å². The summed E-state index contributed by atoms with van der Waals surface area (Å²) in [5.74, 6) is 0.525. The van der Waals surface area contributed by atoms with Gasteiger partial charge in [0.05, 0.1) is 0 Å². The van der Waals surface area contributed by atoms with E-state index in [0.717, 1.165) is 31.5 Å². The molecule has 1 aliphatic heterocycles. The molecule has 0 aliphatic carbocycles. The predicted octanol–water partition coefficient (Wildman–Crippen LogP) is 2.34. The standard InChI is InChI=1S/C15H22N2O/c1-2-3-9-17-11-13(10-14(17)18)15(16)12-7-5-4-6-8-12/h4-8,13,15H,2-3,9-11,16H2,1H3. The number of hydrogen-bond acceptors (Lipinski definition) is 2. The van der Waals surface area contributed by atoms with E-state index in [1.54, 1.807) is 0 Å². The zero-order chi connectivity index (χ0) is 13.0. The van der Waals surface area contributed by atoms with E-state index >= 15 is 0 Å². The largest absolute Gasteiger partial charge is 0.342 e. The maximum Gasteiger partial charge on any atom is 0.222 e. The number of nitrogens with zero attached hydrogens (tertiary/aromatic N) is 1. The summed E-state index contributed by atoms with van der Waals surface area (Å²) >= 11 is 0. The molecule has 18 heavy (non-hydrogen) atoms. The molecule has 2 N–H and O–H groups in total. The molecule has 1 aliphatic rings. The summed E-state index contributed by atoms with van der Waals surface area (Å²) in [4.78, 5) is 13.9. The quantitative estimate of drug-likeness (QED) is 0.866. The number of unbranched alkanes of at least 4 members (excludes halogenated alkanes) is 1. The van der Waals surface area contributed by atoms with Crippen molar-refractivity contribution in [3.8, 4) is 0 Å². The van der Waals surface area contributed by atoms with Crippen LogP contribution in [0.4, 0.5) is 0 Å². The Morgan fingerprint density at radius 1 is 1.39 bits per heavy atom. The molecule has 3 nitrogen and oxygen atoms in total. The molecule has 0 saturated carbocycles. The highest BCUT2D eigenvalue weighted by atomic mass is 16.2. The first kappa shape index (κ1) is 13.1. The van der Waals surface area contributed by atoms with Crippen molar-refractivity contribution < 1.29 is 4.79 Å². The first-order valence-electron chi connectivity index (χ1n) is 6.80. The number of carbonyl (C=O) groups is 1. The Hall–Kier alpha value is -1.35. The number of hydrogen-bond donors (Lipinski definition) is 1. The van der Waals surface area contributed by atoms with Crippen molar-refractivity contribution in [2.45, 2.75) is 32.2 Å². The van der Waals surface area contributed by atoms with E-state index in [9.17, 15) is 4.79 Å². The van der Waals surface area contributed by atoms with Crippen LogP contribution < -0.4 is 5.73 Å². The third kappa shape index (κ3) is 2.91. The highest BCUT2D eigenvalue weighted by molar-refractivity contribution is 5.78. The molecular formula is C15H22N2O. The summed E-state index contributed by atoms with van der Waals surface area (Å²) in [6.07, 6.45) is 2.80. The van der Waals surface area contributed by atoms with Crippen molar-refractivity contribution in [1.82, 2.24) is 4.90 Å². The molecule has 2 unspecified atom stereocenters. The van der Waals surface area contributed by atoms with Crippen molar-refractivity contribution in [3.05, 3.63) is 35.9 Å². The smallest absolute Gasteiger partial charge is 0.222 e. The minimum absolute atomic E-state index is 0.0261. The Labute approximate surface area is 109 Å². The summed E-state index contributed by atoms with van der Waals surface area (Å²) < 4.78 is 0. The molecule has 1 aromatic carbocycles. The van der Waals surface area contributed by atoms with Crippen LogP contribution in [0, 0.1) is 5.92 Å². The average Bonchev–Trinajstić information content (AvgIpc) is 2.78. The molecule has 1 aromatic rings. The molecule has 98 valence electrons. The van der Waals surface area contributed by atoms with Gasteiger partial charge in [-0.05, 0) is 12.0 Å². The molecule has 1 heterocycles. The molecule has 1 fully saturated rings. The van der Waals surface area contributed by atoms with Gasteiger partial charge in [0, 0.05) is 31.5 Å². The van der Waals surface area contributed by atoms with Crippen LogP contribution in [0.25, 0.3) is 0 Å². The highest BCUT2D eigenvalue weighted by Crippen LogP contribution is 2.28. The molecule has 1 saturated heterocycles. The van der Waals surface area contributed by atoms with Crippen LogP contribution in [0.2, 0.25) is 0 Å². The van der Waals surface area contributed by atoms with Gasteiger partial charge in [-0.25, -0.2) is 0 Å². The minimum atomic E-state index is -0.0261. The van der Waals surface area contributed by atoms with E-state index in [0.29, 0.717) is 6.42 Å². The Balaban J connectivity index is 1.97. The van der Waals surface area contributed by atoms with Crippen LogP contribution in [0.15, 0.2) is 30.3 Å². The molecule has 0 aromatic heterocycles. The number of nitrogens with two attached hydrogens (primary N) is 1. The fourth-order valence-electron chi connectivity index (χ4n) is 2.56. The molecule has 0 radical (unpaired) electrons. The molecule has 1 amide bonds. The SMILES string of the molecule is CCCCN1CC(C(N)c2ccccc2)CC1=O. The lowest BCUT2D eigenvalue weighted by atomic mass is 9.93. The van der Waals surface area contributed by atoms with Gasteiger partial charge in [-0.1, -0.05) is 43.7 Å². The van der Waals surface area contributed by atoms with E-state index in [1.807, 2.05) is 35.2 Å². The van der Waals surface area contributed by atoms with Crippen LogP contribution in [0.5, 0.6) is 0 Å². The second-order valence-corrected chi connectivity index (χ2v) is 5.09. The van der Waals surface area contributed by atoms with Gasteiger partial charge in [-0.3, -0.25) is 4.79 Å². The van der Waals surface area contributed by atoms with Crippen molar-refractivity contribution >= 4 is 5.91 Å². The molecule has 2 rings (SSSR count). The topological polar surface area (TPSA) is 46.3 Å². The van der Waals surface area contributed by atoms with Gasteiger partial charge in [-0.15, -0.1) is 0 Å². The second-order valence-electron chi connectivity index (χ2n) is 5.09. The number of amides is 1. The third-order valence-electron chi connectivity index (χ3n) is 3.72. The van der Waals surface area contributed by atoms with Gasteiger partial charge in [0.15, 0.2) is 0 Å². The predicted molar refractivity (Wildman–Crippen MR) is 73.0 cm³/mol. The monoisotopic (exact) mass is 246 g/mol. The van der Waals surface area contributed by atoms with Gasteiger partial charge in [0.2, 0.25) is 5.91 Å².